The van der Waals surface area contributed by atoms with Crippen molar-refractivity contribution in [2.75, 3.05) is 32.1 Å². The molecule has 0 saturated carbocycles. The zero-order valence-electron chi connectivity index (χ0n) is 19.9. The third kappa shape index (κ3) is 6.94. The van der Waals surface area contributed by atoms with Gasteiger partial charge in [-0.25, -0.2) is 13.8 Å². The predicted molar refractivity (Wildman–Crippen MR) is 129 cm³/mol. The molecule has 0 spiro atoms. The van der Waals surface area contributed by atoms with Crippen molar-refractivity contribution in [2.24, 2.45) is 0 Å². The summed E-state index contributed by atoms with van der Waals surface area (Å²) in [5.74, 6) is -3.53. The molecule has 2 aromatic rings. The lowest BCUT2D eigenvalue weighted by Gasteiger charge is -2.15. The van der Waals surface area contributed by atoms with Gasteiger partial charge in [0.05, 0.1) is 13.2 Å². The molecule has 1 fully saturated rings. The van der Waals surface area contributed by atoms with E-state index in [1.54, 1.807) is 13.0 Å². The van der Waals surface area contributed by atoms with Crippen LogP contribution in [0.4, 0.5) is 14.5 Å². The average Bonchev–Trinajstić information content (AvgIpc) is 3.20. The molecule has 0 aliphatic carbocycles. The van der Waals surface area contributed by atoms with Gasteiger partial charge in [-0.3, -0.25) is 19.2 Å². The van der Waals surface area contributed by atoms with Crippen molar-refractivity contribution in [1.29, 1.82) is 0 Å². The molecule has 0 aromatic heterocycles. The van der Waals surface area contributed by atoms with Crippen LogP contribution in [0.1, 0.15) is 21.5 Å². The van der Waals surface area contributed by atoms with E-state index in [0.717, 1.165) is 11.1 Å². The Labute approximate surface area is 216 Å². The molecule has 1 heterocycles. The summed E-state index contributed by atoms with van der Waals surface area (Å²) >= 11 is 6.18. The molecule has 1 atom stereocenters. The number of rotatable bonds is 10. The van der Waals surface area contributed by atoms with Crippen LogP contribution in [0.15, 0.2) is 47.3 Å². The van der Waals surface area contributed by atoms with E-state index in [1.165, 1.54) is 25.2 Å². The fourth-order valence-electron chi connectivity index (χ4n) is 3.30. The third-order valence-corrected chi connectivity index (χ3v) is 5.65. The first-order valence-corrected chi connectivity index (χ1v) is 11.4. The van der Waals surface area contributed by atoms with Gasteiger partial charge in [0, 0.05) is 29.9 Å². The molecule has 3 amide bonds. The SMILES string of the molecule is CN/C(OCc1ccc(F)cc1F)=C(/Cl)C(=O)Nc1cc(C(=O)N[C@@H]2CON(CCO)C2=O)ccc1C. The summed E-state index contributed by atoms with van der Waals surface area (Å²) in [4.78, 5) is 42.8. The van der Waals surface area contributed by atoms with E-state index in [4.69, 9.17) is 26.3 Å². The molecule has 13 heteroatoms. The number of anilines is 1. The highest BCUT2D eigenvalue weighted by Gasteiger charge is 2.34. The Morgan fingerprint density at radius 2 is 2.00 bits per heavy atom. The van der Waals surface area contributed by atoms with Gasteiger partial charge in [0.1, 0.15) is 30.9 Å². The van der Waals surface area contributed by atoms with E-state index < -0.39 is 35.4 Å². The van der Waals surface area contributed by atoms with Gasteiger partial charge < -0.3 is 25.8 Å². The van der Waals surface area contributed by atoms with Crippen LogP contribution in [0.5, 0.6) is 0 Å². The van der Waals surface area contributed by atoms with E-state index in [0.29, 0.717) is 11.6 Å². The van der Waals surface area contributed by atoms with Gasteiger partial charge in [0.2, 0.25) is 5.88 Å². The van der Waals surface area contributed by atoms with Gasteiger partial charge in [-0.15, -0.1) is 0 Å². The van der Waals surface area contributed by atoms with Crippen LogP contribution in [0, 0.1) is 18.6 Å². The van der Waals surface area contributed by atoms with Crippen molar-refractivity contribution < 1.29 is 37.8 Å². The Balaban J connectivity index is 1.68. The average molecular weight is 539 g/mol. The highest BCUT2D eigenvalue weighted by molar-refractivity contribution is 6.44. The molecule has 4 N–H and O–H groups in total. The van der Waals surface area contributed by atoms with E-state index in [1.807, 2.05) is 0 Å². The number of carbonyl (C=O) groups is 3. The van der Waals surface area contributed by atoms with E-state index >= 15 is 0 Å². The number of nitrogens with one attached hydrogen (secondary N) is 3. The Hall–Kier alpha value is -3.74. The lowest BCUT2D eigenvalue weighted by atomic mass is 10.1. The second-order valence-corrected chi connectivity index (χ2v) is 8.27. The number of amides is 3. The van der Waals surface area contributed by atoms with Gasteiger partial charge in [-0.1, -0.05) is 17.7 Å². The first-order chi connectivity index (χ1) is 17.6. The zero-order chi connectivity index (χ0) is 27.1. The largest absolute Gasteiger partial charge is 0.473 e. The zero-order valence-corrected chi connectivity index (χ0v) is 20.7. The Bertz CT molecular complexity index is 1230. The molecule has 1 aliphatic heterocycles. The van der Waals surface area contributed by atoms with Crippen LogP contribution in [0.2, 0.25) is 0 Å². The number of benzene rings is 2. The lowest BCUT2D eigenvalue weighted by molar-refractivity contribution is -0.163. The fraction of sp³-hybridized carbons (Fsp3) is 0.292. The molecule has 10 nitrogen and oxygen atoms in total. The van der Waals surface area contributed by atoms with Crippen molar-refractivity contribution in [2.45, 2.75) is 19.6 Å². The number of nitrogens with zero attached hydrogens (tertiary/aromatic N) is 1. The molecule has 3 rings (SSSR count). The Kier molecular flexibility index (Phi) is 9.39. The van der Waals surface area contributed by atoms with Gasteiger partial charge in [-0.05, 0) is 36.8 Å². The topological polar surface area (TPSA) is 129 Å². The minimum atomic E-state index is -0.919. The van der Waals surface area contributed by atoms with E-state index in [2.05, 4.69) is 16.0 Å². The molecular weight excluding hydrogens is 514 g/mol. The maximum Gasteiger partial charge on any atom is 0.272 e. The maximum absolute atomic E-state index is 13.9. The normalized spacial score (nSPS) is 15.8. The number of carbonyl (C=O) groups excluding carboxylic acids is 3. The molecule has 198 valence electrons. The summed E-state index contributed by atoms with van der Waals surface area (Å²) in [5, 5.41) is 17.3. The predicted octanol–water partition coefficient (Wildman–Crippen LogP) is 1.92. The lowest BCUT2D eigenvalue weighted by Crippen LogP contribution is -2.43. The quantitative estimate of drug-likeness (QED) is 0.269. The second-order valence-electron chi connectivity index (χ2n) is 7.89. The number of aliphatic hydroxyl groups excluding tert-OH is 1. The molecule has 1 aliphatic rings. The monoisotopic (exact) mass is 538 g/mol. The number of ether oxygens (including phenoxy) is 1. The summed E-state index contributed by atoms with van der Waals surface area (Å²) in [6, 6.07) is 6.60. The summed E-state index contributed by atoms with van der Waals surface area (Å²) in [5.41, 5.74) is 1.10. The summed E-state index contributed by atoms with van der Waals surface area (Å²) in [7, 11) is 1.44. The minimum absolute atomic E-state index is 0.0165. The van der Waals surface area contributed by atoms with Gasteiger partial charge >= 0.3 is 0 Å². The standard InChI is InChI=1S/C24H25ClF2N4O6/c1-13-3-4-14(21(33)30-19-12-37-31(7-8-32)24(19)35)9-18(13)29-22(34)20(25)23(28-2)36-11-15-5-6-16(26)10-17(15)27/h3-6,9-10,19,28,32H,7-8,11-12H2,1-2H3,(H,29,34)(H,30,33)/b23-20-/t19-/m1/s1. The van der Waals surface area contributed by atoms with Crippen LogP contribution >= 0.6 is 11.6 Å². The first kappa shape index (κ1) is 27.8. The first-order valence-electron chi connectivity index (χ1n) is 11.1. The Morgan fingerprint density at radius 1 is 1.24 bits per heavy atom. The second kappa shape index (κ2) is 12.5. The molecule has 0 unspecified atom stereocenters. The molecular formula is C24H25ClF2N4O6. The van der Waals surface area contributed by atoms with Crippen LogP contribution in [0.25, 0.3) is 0 Å². The number of β-amino-alcohol motifs (C(OH)–C–C–N with tert-alkyl or cyclic N) is 1. The summed E-state index contributed by atoms with van der Waals surface area (Å²) in [6.45, 7) is 1.00. The highest BCUT2D eigenvalue weighted by Crippen LogP contribution is 2.21. The van der Waals surface area contributed by atoms with Crippen molar-refractivity contribution in [3.63, 3.8) is 0 Å². The van der Waals surface area contributed by atoms with Crippen LogP contribution in [-0.4, -0.2) is 60.7 Å². The van der Waals surface area contributed by atoms with Gasteiger partial charge in [0.25, 0.3) is 17.7 Å². The van der Waals surface area contributed by atoms with Crippen molar-refractivity contribution in [1.82, 2.24) is 15.7 Å². The van der Waals surface area contributed by atoms with Crippen molar-refractivity contribution in [3.8, 4) is 0 Å². The number of aliphatic hydroxyl groups is 1. The molecule has 2 aromatic carbocycles. The number of hydroxylamine groups is 2. The maximum atomic E-state index is 13.9. The smallest absolute Gasteiger partial charge is 0.272 e. The van der Waals surface area contributed by atoms with Gasteiger partial charge in [0.15, 0.2) is 5.03 Å². The van der Waals surface area contributed by atoms with Crippen LogP contribution < -0.4 is 16.0 Å². The molecule has 0 bridgehead atoms. The van der Waals surface area contributed by atoms with Crippen LogP contribution in [0.3, 0.4) is 0 Å². The number of hydrogen-bond donors (Lipinski definition) is 4. The summed E-state index contributed by atoms with van der Waals surface area (Å²) in [6.07, 6.45) is 0. The number of aryl methyl sites for hydroxylation is 1. The minimum Gasteiger partial charge on any atom is -0.473 e. The van der Waals surface area contributed by atoms with E-state index in [-0.39, 0.29) is 54.1 Å². The van der Waals surface area contributed by atoms with E-state index in [9.17, 15) is 23.2 Å². The summed E-state index contributed by atoms with van der Waals surface area (Å²) < 4.78 is 32.4. The molecule has 37 heavy (non-hydrogen) atoms. The van der Waals surface area contributed by atoms with Crippen molar-refractivity contribution in [3.05, 3.63) is 75.6 Å². The third-order valence-electron chi connectivity index (χ3n) is 5.31. The molecule has 0 radical (unpaired) electrons. The number of halogens is 3. The highest BCUT2D eigenvalue weighted by atomic mass is 35.5. The fourth-order valence-corrected chi connectivity index (χ4v) is 3.49. The van der Waals surface area contributed by atoms with Crippen molar-refractivity contribution >= 4 is 35.0 Å². The number of hydrogen-bond acceptors (Lipinski definition) is 7. The molecule has 1 saturated heterocycles. The van der Waals surface area contributed by atoms with Gasteiger partial charge in [-0.2, -0.15) is 0 Å². The Morgan fingerprint density at radius 3 is 2.68 bits per heavy atom. The van der Waals surface area contributed by atoms with Crippen LogP contribution in [-0.2, 0) is 25.8 Å².